The van der Waals surface area contributed by atoms with Gasteiger partial charge in [-0.25, -0.2) is 4.79 Å². The lowest BCUT2D eigenvalue weighted by atomic mass is 10.4. The molecule has 14 heavy (non-hydrogen) atoms. The number of methoxy groups -OCH3 is 1. The summed E-state index contributed by atoms with van der Waals surface area (Å²) in [6.07, 6.45) is 0. The van der Waals surface area contributed by atoms with Crippen molar-refractivity contribution in [3.05, 3.63) is 21.1 Å². The number of carbonyl (C=O) groups excluding carboxylic acids is 1. The van der Waals surface area contributed by atoms with E-state index in [0.717, 1.165) is 14.7 Å². The first-order chi connectivity index (χ1) is 6.63. The molecule has 0 spiro atoms. The van der Waals surface area contributed by atoms with Crippen LogP contribution < -0.4 is 0 Å². The quantitative estimate of drug-likeness (QED) is 0.812. The molecule has 0 radical (unpaired) electrons. The number of H-pyrrole nitrogens is 1. The summed E-state index contributed by atoms with van der Waals surface area (Å²) in [5, 5.41) is 0. The number of hydrogen-bond donors (Lipinski definition) is 1. The summed E-state index contributed by atoms with van der Waals surface area (Å²) in [6, 6.07) is 1.81. The predicted molar refractivity (Wildman–Crippen MR) is 60.0 cm³/mol. The maximum atomic E-state index is 11.2. The highest BCUT2D eigenvalue weighted by molar-refractivity contribution is 9.10. The molecule has 2 rings (SSSR count). The number of hydrogen-bond acceptors (Lipinski definition) is 3. The van der Waals surface area contributed by atoms with Crippen LogP contribution in [0.2, 0.25) is 0 Å². The number of halogens is 1. The molecule has 0 aliphatic rings. The Balaban J connectivity index is 2.59. The molecular weight excluding hydrogens is 266 g/mol. The Hall–Kier alpha value is -0.810. The fourth-order valence-corrected chi connectivity index (χ4v) is 2.93. The van der Waals surface area contributed by atoms with Crippen LogP contribution in [0.25, 0.3) is 10.2 Å². The monoisotopic (exact) mass is 273 g/mol. The molecule has 0 fully saturated rings. The molecule has 0 aliphatic heterocycles. The summed E-state index contributed by atoms with van der Waals surface area (Å²) in [4.78, 5) is 15.4. The van der Waals surface area contributed by atoms with Crippen LogP contribution in [0.1, 0.15) is 15.4 Å². The molecule has 74 valence electrons. The van der Waals surface area contributed by atoms with Crippen LogP contribution in [0.3, 0.4) is 0 Å². The van der Waals surface area contributed by atoms with E-state index in [2.05, 4.69) is 25.7 Å². The van der Waals surface area contributed by atoms with Crippen LogP contribution in [0.5, 0.6) is 0 Å². The van der Waals surface area contributed by atoms with Gasteiger partial charge in [-0.2, -0.15) is 0 Å². The largest absolute Gasteiger partial charge is 0.464 e. The zero-order chi connectivity index (χ0) is 10.3. The number of aromatic nitrogens is 1. The van der Waals surface area contributed by atoms with Gasteiger partial charge in [-0.05, 0) is 28.9 Å². The Labute approximate surface area is 93.2 Å². The van der Waals surface area contributed by atoms with Gasteiger partial charge in [0, 0.05) is 4.88 Å². The van der Waals surface area contributed by atoms with Gasteiger partial charge in [0.1, 0.15) is 5.69 Å². The van der Waals surface area contributed by atoms with E-state index in [0.29, 0.717) is 5.69 Å². The topological polar surface area (TPSA) is 42.1 Å². The van der Waals surface area contributed by atoms with Crippen molar-refractivity contribution in [3.8, 4) is 0 Å². The number of ether oxygens (including phenoxy) is 1. The summed E-state index contributed by atoms with van der Waals surface area (Å²) in [7, 11) is 1.37. The molecule has 3 nitrogen and oxygen atoms in total. The van der Waals surface area contributed by atoms with Gasteiger partial charge in [0.2, 0.25) is 0 Å². The van der Waals surface area contributed by atoms with Gasteiger partial charge in [-0.3, -0.25) is 0 Å². The van der Waals surface area contributed by atoms with Crippen molar-refractivity contribution in [2.45, 2.75) is 6.92 Å². The Kier molecular flexibility index (Phi) is 2.36. The van der Waals surface area contributed by atoms with Crippen LogP contribution >= 0.6 is 27.3 Å². The second-order valence-electron chi connectivity index (χ2n) is 2.89. The minimum Gasteiger partial charge on any atom is -0.464 e. The summed E-state index contributed by atoms with van der Waals surface area (Å²) in [5.74, 6) is -0.335. The fourth-order valence-electron chi connectivity index (χ4n) is 1.28. The first-order valence-corrected chi connectivity index (χ1v) is 5.60. The Morgan fingerprint density at radius 2 is 2.36 bits per heavy atom. The molecular formula is C9H8BrNO2S. The highest BCUT2D eigenvalue weighted by Crippen LogP contribution is 2.34. The first kappa shape index (κ1) is 9.73. The van der Waals surface area contributed by atoms with E-state index in [9.17, 15) is 4.79 Å². The number of esters is 1. The summed E-state index contributed by atoms with van der Waals surface area (Å²) < 4.78 is 6.71. The fraction of sp³-hybridized carbons (Fsp3) is 0.222. The third kappa shape index (κ3) is 1.36. The van der Waals surface area contributed by atoms with E-state index in [1.54, 1.807) is 11.3 Å². The Morgan fingerprint density at radius 1 is 1.64 bits per heavy atom. The highest BCUT2D eigenvalue weighted by atomic mass is 79.9. The van der Waals surface area contributed by atoms with Gasteiger partial charge < -0.3 is 9.72 Å². The zero-order valence-electron chi connectivity index (χ0n) is 7.68. The second-order valence-corrected chi connectivity index (χ2v) is 4.94. The Bertz CT molecular complexity index is 500. The van der Waals surface area contributed by atoms with Crippen LogP contribution in [0, 0.1) is 6.92 Å². The van der Waals surface area contributed by atoms with Crippen molar-refractivity contribution in [2.75, 3.05) is 7.11 Å². The Morgan fingerprint density at radius 3 is 2.93 bits per heavy atom. The van der Waals surface area contributed by atoms with Crippen LogP contribution in [-0.4, -0.2) is 18.1 Å². The smallest absolute Gasteiger partial charge is 0.354 e. The number of carbonyl (C=O) groups is 1. The van der Waals surface area contributed by atoms with E-state index in [-0.39, 0.29) is 5.97 Å². The molecule has 0 aliphatic carbocycles. The molecule has 0 saturated carbocycles. The SMILES string of the molecule is COC(=O)c1cc2sc(C)c(Br)c2[nH]1. The van der Waals surface area contributed by atoms with Crippen molar-refractivity contribution in [1.82, 2.24) is 4.98 Å². The van der Waals surface area contributed by atoms with E-state index in [1.807, 2.05) is 13.0 Å². The average molecular weight is 274 g/mol. The van der Waals surface area contributed by atoms with E-state index in [1.165, 1.54) is 12.0 Å². The lowest BCUT2D eigenvalue weighted by Gasteiger charge is -1.93. The predicted octanol–water partition coefficient (Wildman–Crippen LogP) is 3.09. The van der Waals surface area contributed by atoms with Gasteiger partial charge >= 0.3 is 5.97 Å². The summed E-state index contributed by atoms with van der Waals surface area (Å²) in [6.45, 7) is 2.03. The summed E-state index contributed by atoms with van der Waals surface area (Å²) >= 11 is 5.10. The molecule has 0 amide bonds. The van der Waals surface area contributed by atoms with Gasteiger partial charge in [-0.1, -0.05) is 0 Å². The lowest BCUT2D eigenvalue weighted by molar-refractivity contribution is 0.0595. The molecule has 2 aromatic rings. The number of thiophene rings is 1. The van der Waals surface area contributed by atoms with E-state index in [4.69, 9.17) is 0 Å². The molecule has 2 aromatic heterocycles. The third-order valence-corrected chi connectivity index (χ3v) is 4.28. The maximum absolute atomic E-state index is 11.2. The first-order valence-electron chi connectivity index (χ1n) is 3.99. The molecule has 0 bridgehead atoms. The van der Waals surface area contributed by atoms with Crippen molar-refractivity contribution >= 4 is 43.5 Å². The van der Waals surface area contributed by atoms with E-state index >= 15 is 0 Å². The number of aryl methyl sites for hydroxylation is 1. The molecule has 5 heteroatoms. The van der Waals surface area contributed by atoms with Crippen molar-refractivity contribution in [3.63, 3.8) is 0 Å². The van der Waals surface area contributed by atoms with Crippen LogP contribution in [0.4, 0.5) is 0 Å². The summed E-state index contributed by atoms with van der Waals surface area (Å²) in [5.41, 5.74) is 1.46. The normalized spacial score (nSPS) is 10.8. The minimum absolute atomic E-state index is 0.335. The second kappa shape index (κ2) is 3.40. The standard InChI is InChI=1S/C9H8BrNO2S/c1-4-7(10)8-6(14-4)3-5(11-8)9(12)13-2/h3,11H,1-2H3. The maximum Gasteiger partial charge on any atom is 0.354 e. The molecule has 0 aromatic carbocycles. The molecule has 0 atom stereocenters. The number of fused-ring (bicyclic) bond motifs is 1. The molecule has 2 heterocycles. The van der Waals surface area contributed by atoms with E-state index < -0.39 is 0 Å². The van der Waals surface area contributed by atoms with Crippen LogP contribution in [0.15, 0.2) is 10.5 Å². The number of nitrogens with one attached hydrogen (secondary N) is 1. The zero-order valence-corrected chi connectivity index (χ0v) is 10.1. The van der Waals surface area contributed by atoms with Gasteiger partial charge in [0.15, 0.2) is 0 Å². The van der Waals surface area contributed by atoms with Gasteiger partial charge in [-0.15, -0.1) is 11.3 Å². The van der Waals surface area contributed by atoms with Gasteiger partial charge in [0.25, 0.3) is 0 Å². The lowest BCUT2D eigenvalue weighted by Crippen LogP contribution is -2.00. The van der Waals surface area contributed by atoms with Crippen LogP contribution in [-0.2, 0) is 4.74 Å². The average Bonchev–Trinajstić information content (AvgIpc) is 2.68. The highest BCUT2D eigenvalue weighted by Gasteiger charge is 2.14. The van der Waals surface area contributed by atoms with Crippen molar-refractivity contribution < 1.29 is 9.53 Å². The van der Waals surface area contributed by atoms with Gasteiger partial charge in [0.05, 0.1) is 21.8 Å². The number of rotatable bonds is 1. The minimum atomic E-state index is -0.335. The molecule has 0 saturated heterocycles. The molecule has 0 unspecified atom stereocenters. The van der Waals surface area contributed by atoms with Crippen molar-refractivity contribution in [2.24, 2.45) is 0 Å². The van der Waals surface area contributed by atoms with Crippen molar-refractivity contribution in [1.29, 1.82) is 0 Å². The third-order valence-electron chi connectivity index (χ3n) is 1.98. The molecule has 1 N–H and O–H groups in total. The number of aromatic amines is 1.